The molecule has 1 aliphatic heterocycles. The minimum absolute atomic E-state index is 0.0326. The number of benzene rings is 1. The number of carbonyl (C=O) groups is 5. The normalized spacial score (nSPS) is 26.9. The molecule has 0 radical (unpaired) electrons. The van der Waals surface area contributed by atoms with Crippen LogP contribution in [-0.4, -0.2) is 58.1 Å². The Morgan fingerprint density at radius 1 is 1.14 bits per heavy atom. The molecule has 0 aromatic heterocycles. The summed E-state index contributed by atoms with van der Waals surface area (Å²) in [5, 5.41) is 19.1. The summed E-state index contributed by atoms with van der Waals surface area (Å²) in [6, 6.07) is 4.77. The number of aromatic hydroxyl groups is 1. The maximum Gasteiger partial charge on any atom is 0.303 e. The molecule has 2 amide bonds. The summed E-state index contributed by atoms with van der Waals surface area (Å²) in [6.07, 6.45) is 3.75. The number of carboxylic acid groups (broad SMARTS) is 1. The van der Waals surface area contributed by atoms with Crippen LogP contribution >= 0.6 is 0 Å². The molecular weight excluding hydrogens is 478 g/mol. The van der Waals surface area contributed by atoms with Crippen molar-refractivity contribution in [3.8, 4) is 11.5 Å². The molecule has 0 bridgehead atoms. The number of carboxylic acids is 1. The first-order valence-corrected chi connectivity index (χ1v) is 12.3. The molecule has 3 aliphatic carbocycles. The number of Topliss-reactive ketones (excluding diaryl/α,β-unsaturated/α-hetero) is 1. The number of nitrogens with zero attached hydrogens (tertiary/aromatic N) is 1. The summed E-state index contributed by atoms with van der Waals surface area (Å²) in [7, 11) is 1.42. The molecule has 4 aliphatic rings. The second-order valence-electron chi connectivity index (χ2n) is 9.99. The van der Waals surface area contributed by atoms with Gasteiger partial charge in [-0.05, 0) is 55.9 Å². The van der Waals surface area contributed by atoms with Crippen LogP contribution in [0.3, 0.4) is 0 Å². The topological polar surface area (TPSA) is 138 Å². The van der Waals surface area contributed by atoms with Crippen LogP contribution < -0.4 is 4.74 Å². The summed E-state index contributed by atoms with van der Waals surface area (Å²) in [5.74, 6) is -4.42. The van der Waals surface area contributed by atoms with Gasteiger partial charge in [0.2, 0.25) is 11.8 Å². The molecule has 1 heterocycles. The fourth-order valence-corrected chi connectivity index (χ4v) is 6.31. The first-order valence-electron chi connectivity index (χ1n) is 12.3. The highest BCUT2D eigenvalue weighted by Crippen LogP contribution is 2.55. The minimum atomic E-state index is -0.997. The van der Waals surface area contributed by atoms with Crippen molar-refractivity contribution >= 4 is 29.4 Å². The molecule has 0 saturated carbocycles. The molecule has 9 nitrogen and oxygen atoms in total. The molecular formula is C28H27NO8. The lowest BCUT2D eigenvalue weighted by Crippen LogP contribution is -2.39. The Hall–Kier alpha value is -4.01. The number of ketones is 2. The smallest absolute Gasteiger partial charge is 0.303 e. The Kier molecular flexibility index (Phi) is 6.09. The minimum Gasteiger partial charge on any atom is -0.504 e. The molecule has 37 heavy (non-hydrogen) atoms. The van der Waals surface area contributed by atoms with Gasteiger partial charge in [0, 0.05) is 35.6 Å². The van der Waals surface area contributed by atoms with E-state index in [1.165, 1.54) is 19.3 Å². The number of amides is 2. The van der Waals surface area contributed by atoms with Crippen molar-refractivity contribution in [2.45, 2.75) is 38.5 Å². The average molecular weight is 506 g/mol. The molecule has 0 spiro atoms. The number of ether oxygens (including phenoxy) is 1. The van der Waals surface area contributed by atoms with E-state index in [1.807, 2.05) is 6.08 Å². The third-order valence-electron chi connectivity index (χ3n) is 7.96. The molecule has 1 aromatic rings. The zero-order chi connectivity index (χ0) is 26.6. The summed E-state index contributed by atoms with van der Waals surface area (Å²) < 4.78 is 5.29. The van der Waals surface area contributed by atoms with Crippen molar-refractivity contribution in [2.75, 3.05) is 13.7 Å². The third-order valence-corrected chi connectivity index (χ3v) is 7.96. The fourth-order valence-electron chi connectivity index (χ4n) is 6.31. The Morgan fingerprint density at radius 3 is 2.59 bits per heavy atom. The lowest BCUT2D eigenvalue weighted by atomic mass is 9.59. The zero-order valence-electron chi connectivity index (χ0n) is 20.5. The van der Waals surface area contributed by atoms with Crippen molar-refractivity contribution in [1.82, 2.24) is 4.90 Å². The zero-order valence-corrected chi connectivity index (χ0v) is 20.5. The van der Waals surface area contributed by atoms with Crippen molar-refractivity contribution in [1.29, 1.82) is 0 Å². The number of allylic oxidation sites excluding steroid dienone is 6. The predicted molar refractivity (Wildman–Crippen MR) is 130 cm³/mol. The van der Waals surface area contributed by atoms with Gasteiger partial charge in [-0.3, -0.25) is 28.9 Å². The highest BCUT2D eigenvalue weighted by Gasteiger charge is 2.56. The number of hydrogen-bond acceptors (Lipinski definition) is 7. The van der Waals surface area contributed by atoms with Crippen LogP contribution in [0.1, 0.15) is 44.1 Å². The quantitative estimate of drug-likeness (QED) is 0.342. The summed E-state index contributed by atoms with van der Waals surface area (Å²) >= 11 is 0. The van der Waals surface area contributed by atoms with Gasteiger partial charge in [0.1, 0.15) is 0 Å². The molecule has 5 rings (SSSR count). The number of aliphatic carboxylic acids is 1. The molecule has 4 unspecified atom stereocenters. The first-order chi connectivity index (χ1) is 17.6. The summed E-state index contributed by atoms with van der Waals surface area (Å²) in [5.41, 5.74) is 2.49. The second kappa shape index (κ2) is 9.14. The van der Waals surface area contributed by atoms with Crippen molar-refractivity contribution in [3.05, 3.63) is 58.2 Å². The molecule has 1 saturated heterocycles. The van der Waals surface area contributed by atoms with Gasteiger partial charge >= 0.3 is 5.97 Å². The number of carbonyl (C=O) groups excluding carboxylic acids is 4. The van der Waals surface area contributed by atoms with Crippen LogP contribution in [0.2, 0.25) is 0 Å². The molecule has 192 valence electrons. The van der Waals surface area contributed by atoms with E-state index in [2.05, 4.69) is 0 Å². The number of hydrogen-bond donors (Lipinski definition) is 2. The monoisotopic (exact) mass is 505 g/mol. The van der Waals surface area contributed by atoms with Gasteiger partial charge in [-0.2, -0.15) is 0 Å². The number of phenols is 1. The van der Waals surface area contributed by atoms with Crippen molar-refractivity contribution in [2.24, 2.45) is 17.8 Å². The van der Waals surface area contributed by atoms with Gasteiger partial charge in [-0.15, -0.1) is 0 Å². The standard InChI is InChI=1S/C28H27NO8/c1-13-10-20(31)25-18(26(13)34)12-17-15(23(25)14-5-8-19(30)21(11-14)37-2)6-7-16-24(17)28(36)29(27(16)35)9-3-4-22(32)33/h5-6,8,10-11,16-17,23-24,30H,3-4,7,9,12H2,1-2H3,(H,32,33). The second-order valence-corrected chi connectivity index (χ2v) is 9.99. The molecule has 2 N–H and O–H groups in total. The van der Waals surface area contributed by atoms with E-state index in [4.69, 9.17) is 9.84 Å². The molecule has 1 fully saturated rings. The van der Waals surface area contributed by atoms with Crippen LogP contribution in [-0.2, 0) is 24.0 Å². The van der Waals surface area contributed by atoms with E-state index in [0.29, 0.717) is 28.7 Å². The van der Waals surface area contributed by atoms with Crippen LogP contribution in [0.25, 0.3) is 0 Å². The van der Waals surface area contributed by atoms with Crippen molar-refractivity contribution < 1.29 is 38.9 Å². The number of fused-ring (bicyclic) bond motifs is 3. The Bertz CT molecular complexity index is 1350. The molecule has 1 aromatic carbocycles. The van der Waals surface area contributed by atoms with E-state index >= 15 is 0 Å². The first kappa shape index (κ1) is 24.7. The van der Waals surface area contributed by atoms with Crippen molar-refractivity contribution in [3.63, 3.8) is 0 Å². The SMILES string of the molecule is COc1cc(C2C3=CCC4C(=O)N(CCCC(=O)O)C(=O)C4C3CC3=C2C(=O)C=C(C)C3=O)ccc1O. The van der Waals surface area contributed by atoms with Gasteiger partial charge in [0.15, 0.2) is 23.1 Å². The van der Waals surface area contributed by atoms with Gasteiger partial charge < -0.3 is 14.9 Å². The Labute approximate surface area is 213 Å². The number of methoxy groups -OCH3 is 1. The maximum absolute atomic E-state index is 13.5. The van der Waals surface area contributed by atoms with Crippen LogP contribution in [0.5, 0.6) is 11.5 Å². The van der Waals surface area contributed by atoms with Gasteiger partial charge in [-0.1, -0.05) is 17.7 Å². The van der Waals surface area contributed by atoms with Gasteiger partial charge in [0.25, 0.3) is 0 Å². The van der Waals surface area contributed by atoms with E-state index in [1.54, 1.807) is 19.1 Å². The Morgan fingerprint density at radius 2 is 1.89 bits per heavy atom. The lowest BCUT2D eigenvalue weighted by Gasteiger charge is -2.42. The number of imide groups is 1. The molecule has 4 atom stereocenters. The largest absolute Gasteiger partial charge is 0.504 e. The number of rotatable bonds is 6. The number of phenolic OH excluding ortho intramolecular Hbond substituents is 1. The maximum atomic E-state index is 13.5. The highest BCUT2D eigenvalue weighted by molar-refractivity contribution is 6.23. The number of likely N-dealkylation sites (tertiary alicyclic amines) is 1. The third kappa shape index (κ3) is 3.89. The highest BCUT2D eigenvalue weighted by atomic mass is 16.5. The van der Waals surface area contributed by atoms with Gasteiger partial charge in [0.05, 0.1) is 18.9 Å². The van der Waals surface area contributed by atoms with Gasteiger partial charge in [-0.25, -0.2) is 0 Å². The average Bonchev–Trinajstić information content (AvgIpc) is 3.11. The Balaban J connectivity index is 1.59. The summed E-state index contributed by atoms with van der Waals surface area (Å²) in [6.45, 7) is 1.62. The fraction of sp³-hybridized carbons (Fsp3) is 0.393. The van der Waals surface area contributed by atoms with E-state index in [0.717, 1.165) is 10.5 Å². The lowest BCUT2D eigenvalue weighted by molar-refractivity contribution is -0.142. The van der Waals surface area contributed by atoms with Crippen LogP contribution in [0.15, 0.2) is 52.6 Å². The molecule has 9 heteroatoms. The van der Waals surface area contributed by atoms with E-state index < -0.39 is 29.6 Å². The predicted octanol–water partition coefficient (Wildman–Crippen LogP) is 2.70. The van der Waals surface area contributed by atoms with E-state index in [-0.39, 0.29) is 60.7 Å². The summed E-state index contributed by atoms with van der Waals surface area (Å²) in [4.78, 5) is 65.3. The van der Waals surface area contributed by atoms with E-state index in [9.17, 15) is 29.1 Å². The van der Waals surface area contributed by atoms with Crippen LogP contribution in [0.4, 0.5) is 0 Å². The van der Waals surface area contributed by atoms with Crippen LogP contribution in [0, 0.1) is 17.8 Å².